The number of aliphatic hydroxyl groups is 5. The molecule has 6 rings (SSSR count). The Labute approximate surface area is 299 Å². The van der Waals surface area contributed by atoms with E-state index >= 15 is 0 Å². The second kappa shape index (κ2) is 15.4. The van der Waals surface area contributed by atoms with E-state index in [1.165, 1.54) is 49.4 Å². The van der Waals surface area contributed by atoms with Crippen molar-refractivity contribution in [1.29, 1.82) is 0 Å². The normalized spacial score (nSPS) is 28.9. The first kappa shape index (κ1) is 37.5. The lowest BCUT2D eigenvalue weighted by molar-refractivity contribution is -0.355. The third-order valence-electron chi connectivity index (χ3n) is 8.72. The zero-order valence-corrected chi connectivity index (χ0v) is 27.7. The summed E-state index contributed by atoms with van der Waals surface area (Å²) in [6.07, 6.45) is -14.8. The van der Waals surface area contributed by atoms with Gasteiger partial charge in [-0.3, -0.25) is 4.79 Å². The number of phenolic OH excluding ortho intramolecular Hbond substituents is 4. The molecule has 0 bridgehead atoms. The van der Waals surface area contributed by atoms with Gasteiger partial charge in [0.25, 0.3) is 0 Å². The molecule has 53 heavy (non-hydrogen) atoms. The highest BCUT2D eigenvalue weighted by molar-refractivity contribution is 5.88. The van der Waals surface area contributed by atoms with Crippen molar-refractivity contribution in [1.82, 2.24) is 0 Å². The summed E-state index contributed by atoms with van der Waals surface area (Å²) >= 11 is 0. The smallest absolute Gasteiger partial charge is 0.330 e. The standard InChI is InChI=1S/C36H36O17/c1-15-26(42)30(46)34(53-35-31(47)29(45)27(43)23(51-35)14-48-24(41)11-4-16-2-7-18(37)8-3-16)36(49-15)52-33-28(44)25-21(40)12-20(39)13-22(25)50-32(33)17-5-9-19(38)10-6-17/h2-13,15,23,26-27,29-31,34-40,42-43,45-47H,14H2,1H3/b11-4+/t15?,23?,26-,27+,29?,30?,31?,34-,35-,36+/m0/s1. The topological polar surface area (TPSA) is 275 Å². The first-order chi connectivity index (χ1) is 25.2. The first-order valence-corrected chi connectivity index (χ1v) is 16.2. The van der Waals surface area contributed by atoms with Gasteiger partial charge in [-0.15, -0.1) is 0 Å². The molecule has 2 aliphatic heterocycles. The van der Waals surface area contributed by atoms with Gasteiger partial charge >= 0.3 is 5.97 Å². The lowest BCUT2D eigenvalue weighted by atomic mass is 9.97. The fraction of sp³-hybridized carbons (Fsp3) is 0.333. The molecule has 17 heteroatoms. The Balaban J connectivity index is 1.27. The van der Waals surface area contributed by atoms with Crippen molar-refractivity contribution in [3.05, 3.63) is 82.5 Å². The number of hydrogen-bond donors (Lipinski definition) is 9. The summed E-state index contributed by atoms with van der Waals surface area (Å²) in [5, 5.41) is 93.4. The van der Waals surface area contributed by atoms with Gasteiger partial charge in [-0.05, 0) is 55.0 Å². The van der Waals surface area contributed by atoms with Gasteiger partial charge in [-0.25, -0.2) is 4.79 Å². The molecule has 3 aromatic carbocycles. The van der Waals surface area contributed by atoms with Crippen molar-refractivity contribution >= 4 is 23.0 Å². The number of esters is 1. The van der Waals surface area contributed by atoms with Crippen LogP contribution in [0.15, 0.2) is 76.0 Å². The molecule has 9 N–H and O–H groups in total. The van der Waals surface area contributed by atoms with E-state index in [0.717, 1.165) is 18.2 Å². The van der Waals surface area contributed by atoms with Crippen LogP contribution in [0.1, 0.15) is 12.5 Å². The number of aliphatic hydroxyl groups excluding tert-OH is 5. The van der Waals surface area contributed by atoms with E-state index in [9.17, 15) is 55.5 Å². The van der Waals surface area contributed by atoms with Gasteiger partial charge in [0.2, 0.25) is 17.5 Å². The van der Waals surface area contributed by atoms with Crippen LogP contribution in [0.3, 0.4) is 0 Å². The molecule has 0 amide bonds. The van der Waals surface area contributed by atoms with E-state index in [-0.39, 0.29) is 28.4 Å². The molecule has 5 unspecified atom stereocenters. The van der Waals surface area contributed by atoms with Gasteiger partial charge < -0.3 is 74.1 Å². The number of carbonyl (C=O) groups excluding carboxylic acids is 1. The maximum Gasteiger partial charge on any atom is 0.330 e. The van der Waals surface area contributed by atoms with Gasteiger partial charge in [0.15, 0.2) is 18.2 Å². The van der Waals surface area contributed by atoms with Crippen LogP contribution in [0, 0.1) is 0 Å². The predicted octanol–water partition coefficient (Wildman–Crippen LogP) is 0.577. The summed E-state index contributed by atoms with van der Waals surface area (Å²) in [6.45, 7) is 0.741. The average molecular weight is 741 g/mol. The molecular weight excluding hydrogens is 704 g/mol. The summed E-state index contributed by atoms with van der Waals surface area (Å²) in [6, 6.07) is 13.2. The molecule has 0 spiro atoms. The van der Waals surface area contributed by atoms with Crippen LogP contribution in [0.2, 0.25) is 0 Å². The van der Waals surface area contributed by atoms with Crippen molar-refractivity contribution in [3.8, 4) is 40.1 Å². The fourth-order valence-electron chi connectivity index (χ4n) is 5.82. The van der Waals surface area contributed by atoms with Crippen LogP contribution in [-0.4, -0.2) is 120 Å². The van der Waals surface area contributed by atoms with Crippen molar-refractivity contribution < 1.29 is 78.9 Å². The van der Waals surface area contributed by atoms with Gasteiger partial charge in [-0.1, -0.05) is 12.1 Å². The largest absolute Gasteiger partial charge is 0.508 e. The quantitative estimate of drug-likeness (QED) is 0.0838. The number of aromatic hydroxyl groups is 4. The van der Waals surface area contributed by atoms with E-state index in [4.69, 9.17) is 28.1 Å². The van der Waals surface area contributed by atoms with Crippen molar-refractivity contribution in [2.75, 3.05) is 6.61 Å². The van der Waals surface area contributed by atoms with Crippen molar-refractivity contribution in [2.45, 2.75) is 68.3 Å². The number of carbonyl (C=O) groups is 1. The molecule has 2 fully saturated rings. The van der Waals surface area contributed by atoms with Gasteiger partial charge in [0, 0.05) is 23.8 Å². The third-order valence-corrected chi connectivity index (χ3v) is 8.72. The van der Waals surface area contributed by atoms with Crippen LogP contribution in [-0.2, 0) is 23.7 Å². The first-order valence-electron chi connectivity index (χ1n) is 16.2. The highest BCUT2D eigenvalue weighted by Crippen LogP contribution is 2.38. The molecule has 3 heterocycles. The van der Waals surface area contributed by atoms with Gasteiger partial charge in [-0.2, -0.15) is 0 Å². The van der Waals surface area contributed by atoms with E-state index in [1.54, 1.807) is 12.1 Å². The Hall–Kier alpha value is -5.24. The van der Waals surface area contributed by atoms with Crippen LogP contribution >= 0.6 is 0 Å². The molecule has 0 aliphatic carbocycles. The van der Waals surface area contributed by atoms with E-state index in [0.29, 0.717) is 5.56 Å². The fourth-order valence-corrected chi connectivity index (χ4v) is 5.82. The number of rotatable bonds is 9. The molecule has 17 nitrogen and oxygen atoms in total. The Kier molecular flexibility index (Phi) is 10.9. The zero-order valence-electron chi connectivity index (χ0n) is 27.7. The summed E-state index contributed by atoms with van der Waals surface area (Å²) < 4.78 is 34.3. The van der Waals surface area contributed by atoms with E-state index in [2.05, 4.69) is 0 Å². The van der Waals surface area contributed by atoms with Gasteiger partial charge in [0.1, 0.15) is 77.2 Å². The molecule has 2 aliphatic rings. The molecule has 2 saturated heterocycles. The minimum absolute atomic E-state index is 0.0280. The maximum absolute atomic E-state index is 13.9. The summed E-state index contributed by atoms with van der Waals surface area (Å²) in [4.78, 5) is 26.3. The van der Waals surface area contributed by atoms with Crippen LogP contribution in [0.5, 0.6) is 28.7 Å². The van der Waals surface area contributed by atoms with E-state index < -0.39 is 102 Å². The lowest BCUT2D eigenvalue weighted by Crippen LogP contribution is -2.64. The predicted molar refractivity (Wildman–Crippen MR) is 180 cm³/mol. The number of phenols is 4. The molecule has 4 aromatic rings. The minimum atomic E-state index is -1.97. The minimum Gasteiger partial charge on any atom is -0.508 e. The molecule has 10 atom stereocenters. The average Bonchev–Trinajstić information content (AvgIpc) is 3.12. The molecule has 282 valence electrons. The highest BCUT2D eigenvalue weighted by atomic mass is 16.8. The molecule has 0 saturated carbocycles. The van der Waals surface area contributed by atoms with E-state index in [1.807, 2.05) is 0 Å². The van der Waals surface area contributed by atoms with Crippen molar-refractivity contribution in [3.63, 3.8) is 0 Å². The Bertz CT molecular complexity index is 2010. The van der Waals surface area contributed by atoms with Crippen LogP contribution in [0.25, 0.3) is 28.4 Å². The zero-order chi connectivity index (χ0) is 38.1. The SMILES string of the molecule is CC1O[C@H](Oc2c(-c3ccc(O)cc3)oc3cc(O)cc(O)c3c2=O)[C@@H](O[C@@H]2OC(COC(=O)/C=C/c3ccc(O)cc3)[C@@H](O)C(O)C2O)C(O)[C@H]1O. The number of fused-ring (bicyclic) bond motifs is 1. The summed E-state index contributed by atoms with van der Waals surface area (Å²) in [5.41, 5.74) is -0.454. The number of ether oxygens (including phenoxy) is 5. The second-order valence-corrected chi connectivity index (χ2v) is 12.5. The molecule has 0 radical (unpaired) electrons. The Morgan fingerprint density at radius 3 is 2.11 bits per heavy atom. The van der Waals surface area contributed by atoms with Gasteiger partial charge in [0.05, 0.1) is 6.10 Å². The third kappa shape index (κ3) is 7.92. The number of hydrogen-bond acceptors (Lipinski definition) is 17. The maximum atomic E-state index is 13.9. The van der Waals surface area contributed by atoms with Crippen molar-refractivity contribution in [2.24, 2.45) is 0 Å². The Morgan fingerprint density at radius 2 is 1.43 bits per heavy atom. The highest BCUT2D eigenvalue weighted by Gasteiger charge is 2.51. The van der Waals surface area contributed by atoms with Crippen LogP contribution < -0.4 is 10.2 Å². The summed E-state index contributed by atoms with van der Waals surface area (Å²) in [5.74, 6) is -2.90. The molecule has 1 aromatic heterocycles. The number of benzene rings is 3. The lowest BCUT2D eigenvalue weighted by Gasteiger charge is -2.45. The molecular formula is C36H36O17. The monoisotopic (exact) mass is 740 g/mol. The van der Waals surface area contributed by atoms with Crippen LogP contribution in [0.4, 0.5) is 0 Å². The summed E-state index contributed by atoms with van der Waals surface area (Å²) in [7, 11) is 0. The Morgan fingerprint density at radius 1 is 0.774 bits per heavy atom. The second-order valence-electron chi connectivity index (χ2n) is 12.5.